The molecule has 4 rings (SSSR count). The largest absolute Gasteiger partial charge is 0.323 e. The molecule has 152 valence electrons. The number of carbonyl (C=O) groups is 1. The second kappa shape index (κ2) is 7.90. The number of pyridine rings is 1. The molecule has 2 aromatic heterocycles. The van der Waals surface area contributed by atoms with Crippen LogP contribution in [0.2, 0.25) is 0 Å². The Hall–Kier alpha value is -3.81. The summed E-state index contributed by atoms with van der Waals surface area (Å²) in [6.07, 6.45) is 5.10. The van der Waals surface area contributed by atoms with Gasteiger partial charge in [0.05, 0.1) is 29.3 Å². The summed E-state index contributed by atoms with van der Waals surface area (Å²) >= 11 is 0. The Balaban J connectivity index is 1.57. The number of nitrogens with one attached hydrogen (secondary N) is 2. The summed E-state index contributed by atoms with van der Waals surface area (Å²) in [4.78, 5) is 16.4. The highest BCUT2D eigenvalue weighted by molar-refractivity contribution is 6.00. The summed E-state index contributed by atoms with van der Waals surface area (Å²) in [5, 5.41) is 9.98. The smallest absolute Gasteiger partial charge is 0.305 e. The first-order chi connectivity index (χ1) is 14.5. The molecule has 2 amide bonds. The number of hydrogen-bond donors (Lipinski definition) is 2. The van der Waals surface area contributed by atoms with Gasteiger partial charge in [0.15, 0.2) is 0 Å². The van der Waals surface area contributed by atoms with Crippen LogP contribution < -0.4 is 10.6 Å². The maximum Gasteiger partial charge on any atom is 0.323 e. The van der Waals surface area contributed by atoms with Crippen molar-refractivity contribution in [1.29, 1.82) is 0 Å². The van der Waals surface area contributed by atoms with Gasteiger partial charge in [-0.1, -0.05) is 12.1 Å². The van der Waals surface area contributed by atoms with Gasteiger partial charge in [-0.3, -0.25) is 9.67 Å². The molecule has 0 saturated carbocycles. The summed E-state index contributed by atoms with van der Waals surface area (Å²) in [6.45, 7) is 4.45. The first-order valence-electron chi connectivity index (χ1n) is 9.40. The maximum atomic E-state index is 14.7. The van der Waals surface area contributed by atoms with Gasteiger partial charge in [0.2, 0.25) is 0 Å². The molecule has 0 radical (unpaired) electrons. The minimum absolute atomic E-state index is 0.0197. The Morgan fingerprint density at radius 1 is 1.00 bits per heavy atom. The lowest BCUT2D eigenvalue weighted by atomic mass is 10.0. The predicted molar refractivity (Wildman–Crippen MR) is 112 cm³/mol. The van der Waals surface area contributed by atoms with Gasteiger partial charge in [0.25, 0.3) is 0 Å². The Kier molecular flexibility index (Phi) is 5.14. The van der Waals surface area contributed by atoms with Crippen LogP contribution in [0.15, 0.2) is 55.0 Å². The third-order valence-corrected chi connectivity index (χ3v) is 4.77. The zero-order chi connectivity index (χ0) is 21.3. The molecular formula is C22H19F2N5O. The molecule has 0 atom stereocenters. The third-order valence-electron chi connectivity index (χ3n) is 4.77. The molecule has 8 heteroatoms. The molecule has 30 heavy (non-hydrogen) atoms. The van der Waals surface area contributed by atoms with Gasteiger partial charge >= 0.3 is 6.03 Å². The number of fused-ring (bicyclic) bond motifs is 1. The summed E-state index contributed by atoms with van der Waals surface area (Å²) < 4.78 is 30.3. The Morgan fingerprint density at radius 2 is 1.80 bits per heavy atom. The fourth-order valence-corrected chi connectivity index (χ4v) is 3.27. The minimum Gasteiger partial charge on any atom is -0.305 e. The highest BCUT2D eigenvalue weighted by Crippen LogP contribution is 2.30. The average molecular weight is 407 g/mol. The van der Waals surface area contributed by atoms with Crippen molar-refractivity contribution < 1.29 is 13.6 Å². The molecule has 0 fully saturated rings. The lowest BCUT2D eigenvalue weighted by Crippen LogP contribution is -2.20. The molecule has 0 spiro atoms. The number of amides is 2. The van der Waals surface area contributed by atoms with E-state index in [1.165, 1.54) is 24.3 Å². The molecule has 2 heterocycles. The average Bonchev–Trinajstić information content (AvgIpc) is 3.15. The highest BCUT2D eigenvalue weighted by Gasteiger charge is 2.13. The maximum absolute atomic E-state index is 14.7. The molecular weight excluding hydrogens is 388 g/mol. The summed E-state index contributed by atoms with van der Waals surface area (Å²) in [5.41, 5.74) is 3.00. The van der Waals surface area contributed by atoms with E-state index in [0.717, 1.165) is 22.0 Å². The number of carbonyl (C=O) groups excluding carboxylic acids is 1. The van der Waals surface area contributed by atoms with Crippen molar-refractivity contribution in [2.24, 2.45) is 0 Å². The lowest BCUT2D eigenvalue weighted by Gasteiger charge is -2.11. The normalized spacial score (nSPS) is 10.9. The van der Waals surface area contributed by atoms with Crippen LogP contribution in [0, 0.1) is 18.6 Å². The first-order valence-corrected chi connectivity index (χ1v) is 9.40. The van der Waals surface area contributed by atoms with E-state index in [1.807, 2.05) is 11.6 Å². The summed E-state index contributed by atoms with van der Waals surface area (Å²) in [7, 11) is 0. The van der Waals surface area contributed by atoms with E-state index < -0.39 is 17.7 Å². The number of benzene rings is 2. The number of aromatic nitrogens is 3. The lowest BCUT2D eigenvalue weighted by molar-refractivity contribution is 0.262. The molecule has 4 aromatic rings. The van der Waals surface area contributed by atoms with E-state index in [4.69, 9.17) is 0 Å². The number of halogens is 2. The van der Waals surface area contributed by atoms with E-state index in [2.05, 4.69) is 20.7 Å². The number of aryl methyl sites for hydroxylation is 2. The Bertz CT molecular complexity index is 1250. The van der Waals surface area contributed by atoms with Crippen LogP contribution in [0.25, 0.3) is 22.0 Å². The van der Waals surface area contributed by atoms with Crippen molar-refractivity contribution in [3.8, 4) is 11.1 Å². The molecule has 0 bridgehead atoms. The van der Waals surface area contributed by atoms with Gasteiger partial charge in [0.1, 0.15) is 11.6 Å². The van der Waals surface area contributed by atoms with Crippen molar-refractivity contribution in [3.05, 3.63) is 72.2 Å². The second-order valence-corrected chi connectivity index (χ2v) is 6.84. The van der Waals surface area contributed by atoms with Crippen LogP contribution in [0.4, 0.5) is 25.0 Å². The van der Waals surface area contributed by atoms with Gasteiger partial charge in [-0.2, -0.15) is 5.10 Å². The standard InChI is InChI=1S/C22H19F2N5O/c1-3-29-21-12-25-10-15(16(21)11-26-29)14-5-7-19(18(24)9-14)27-22(30)28-20-8-13(2)4-6-17(20)23/h4-12H,3H2,1-2H3,(H2,27,28,30). The molecule has 0 aliphatic heterocycles. The van der Waals surface area contributed by atoms with Gasteiger partial charge < -0.3 is 10.6 Å². The van der Waals surface area contributed by atoms with E-state index >= 15 is 0 Å². The topological polar surface area (TPSA) is 71.8 Å². The van der Waals surface area contributed by atoms with Crippen LogP contribution in [-0.2, 0) is 6.54 Å². The third kappa shape index (κ3) is 3.71. The SMILES string of the molecule is CCn1ncc2c(-c3ccc(NC(=O)Nc4cc(C)ccc4F)c(F)c3)cncc21. The first kappa shape index (κ1) is 19.5. The molecule has 0 aliphatic carbocycles. The van der Waals surface area contributed by atoms with E-state index in [-0.39, 0.29) is 11.4 Å². The van der Waals surface area contributed by atoms with Crippen LogP contribution in [0.5, 0.6) is 0 Å². The van der Waals surface area contributed by atoms with Crippen LogP contribution in [0.3, 0.4) is 0 Å². The second-order valence-electron chi connectivity index (χ2n) is 6.84. The van der Waals surface area contributed by atoms with Crippen LogP contribution in [-0.4, -0.2) is 20.8 Å². The predicted octanol–water partition coefficient (Wildman–Crippen LogP) is 5.35. The molecule has 2 N–H and O–H groups in total. The van der Waals surface area contributed by atoms with Gasteiger partial charge in [-0.15, -0.1) is 0 Å². The van der Waals surface area contributed by atoms with Gasteiger partial charge in [0, 0.05) is 23.7 Å². The summed E-state index contributed by atoms with van der Waals surface area (Å²) in [6, 6.07) is 8.08. The highest BCUT2D eigenvalue weighted by atomic mass is 19.1. The minimum atomic E-state index is -0.737. The van der Waals surface area contributed by atoms with Gasteiger partial charge in [-0.25, -0.2) is 13.6 Å². The number of nitrogens with zero attached hydrogens (tertiary/aromatic N) is 3. The monoisotopic (exact) mass is 407 g/mol. The number of urea groups is 1. The quantitative estimate of drug-likeness (QED) is 0.479. The number of hydrogen-bond acceptors (Lipinski definition) is 3. The van der Waals surface area contributed by atoms with Crippen molar-refractivity contribution >= 4 is 28.3 Å². The van der Waals surface area contributed by atoms with E-state index in [1.54, 1.807) is 37.6 Å². The van der Waals surface area contributed by atoms with E-state index in [0.29, 0.717) is 12.1 Å². The fourth-order valence-electron chi connectivity index (χ4n) is 3.27. The zero-order valence-corrected chi connectivity index (χ0v) is 16.4. The van der Waals surface area contributed by atoms with Crippen molar-refractivity contribution in [3.63, 3.8) is 0 Å². The Labute approximate surface area is 171 Å². The van der Waals surface area contributed by atoms with Crippen LogP contribution >= 0.6 is 0 Å². The van der Waals surface area contributed by atoms with E-state index in [9.17, 15) is 13.6 Å². The fraction of sp³-hybridized carbons (Fsp3) is 0.136. The van der Waals surface area contributed by atoms with Crippen molar-refractivity contribution in [1.82, 2.24) is 14.8 Å². The molecule has 0 aliphatic rings. The number of anilines is 2. The molecule has 2 aromatic carbocycles. The molecule has 6 nitrogen and oxygen atoms in total. The van der Waals surface area contributed by atoms with Crippen LogP contribution in [0.1, 0.15) is 12.5 Å². The number of rotatable bonds is 4. The zero-order valence-electron chi connectivity index (χ0n) is 16.4. The molecule has 0 saturated heterocycles. The van der Waals surface area contributed by atoms with Crippen molar-refractivity contribution in [2.45, 2.75) is 20.4 Å². The molecule has 0 unspecified atom stereocenters. The van der Waals surface area contributed by atoms with Gasteiger partial charge in [-0.05, 0) is 49.2 Å². The summed E-state index contributed by atoms with van der Waals surface area (Å²) in [5.74, 6) is -1.19. The Morgan fingerprint density at radius 3 is 2.57 bits per heavy atom. The van der Waals surface area contributed by atoms with Crippen molar-refractivity contribution in [2.75, 3.05) is 10.6 Å².